The van der Waals surface area contributed by atoms with Crippen molar-refractivity contribution in [1.82, 2.24) is 0 Å². The predicted molar refractivity (Wildman–Crippen MR) is 111 cm³/mol. The van der Waals surface area contributed by atoms with Gasteiger partial charge >= 0.3 is 5.97 Å². The van der Waals surface area contributed by atoms with Crippen LogP contribution in [0.4, 0.5) is 5.69 Å². The molecule has 0 aliphatic carbocycles. The zero-order valence-corrected chi connectivity index (χ0v) is 16.7. The number of nitrogens with one attached hydrogen (secondary N) is 2. The number of rotatable bonds is 10. The summed E-state index contributed by atoms with van der Waals surface area (Å²) in [6.45, 7) is 5.17. The molecule has 0 saturated carbocycles. The number of hydrogen-bond donors (Lipinski definition) is 5. The zero-order valence-electron chi connectivity index (χ0n) is 16.7. The van der Waals surface area contributed by atoms with Crippen molar-refractivity contribution < 1.29 is 24.5 Å². The fourth-order valence-electron chi connectivity index (χ4n) is 2.71. The third-order valence-electron chi connectivity index (χ3n) is 4.25. The molecule has 2 aromatic carbocycles. The standard InChI is InChI=1S/C21H27N3O5/c1-13(2)29-17-9-6-15(12-18(17)28-11-10-25)21(3,20(26)27)24-16-7-4-14(5-8-16)19(22)23/h4-9,12-13,24-25H,10-11H2,1-3H3,(H3,22,23)(H,26,27). The van der Waals surface area contributed by atoms with Crippen molar-refractivity contribution in [3.63, 3.8) is 0 Å². The number of nitrogen functional groups attached to an aromatic ring is 1. The van der Waals surface area contributed by atoms with Gasteiger partial charge < -0.3 is 30.7 Å². The van der Waals surface area contributed by atoms with E-state index in [-0.39, 0.29) is 25.2 Å². The minimum Gasteiger partial charge on any atom is -0.487 e. The number of aliphatic carboxylic acids is 1. The molecule has 0 heterocycles. The van der Waals surface area contributed by atoms with Gasteiger partial charge in [0.2, 0.25) is 0 Å². The lowest BCUT2D eigenvalue weighted by Gasteiger charge is -2.29. The van der Waals surface area contributed by atoms with Crippen LogP contribution in [0.1, 0.15) is 31.9 Å². The molecule has 8 nitrogen and oxygen atoms in total. The lowest BCUT2D eigenvalue weighted by atomic mass is 9.91. The van der Waals surface area contributed by atoms with Crippen molar-refractivity contribution in [3.8, 4) is 11.5 Å². The first kappa shape index (κ1) is 22.0. The molecule has 0 fully saturated rings. The second-order valence-corrected chi connectivity index (χ2v) is 6.95. The predicted octanol–water partition coefficient (Wildman–Crippen LogP) is 2.54. The number of aliphatic hydroxyl groups excluding tert-OH is 1. The maximum Gasteiger partial charge on any atom is 0.333 e. The number of aliphatic hydroxyl groups is 1. The SMILES string of the molecule is CC(C)Oc1ccc(C(C)(Nc2ccc(C(=N)N)cc2)C(=O)O)cc1OCCO. The molecule has 0 radical (unpaired) electrons. The second-order valence-electron chi connectivity index (χ2n) is 6.95. The van der Waals surface area contributed by atoms with E-state index in [0.717, 1.165) is 0 Å². The van der Waals surface area contributed by atoms with Crippen LogP contribution in [-0.2, 0) is 10.3 Å². The zero-order chi connectivity index (χ0) is 21.6. The largest absolute Gasteiger partial charge is 0.487 e. The first-order chi connectivity index (χ1) is 13.7. The molecule has 0 aliphatic rings. The van der Waals surface area contributed by atoms with Crippen LogP contribution in [0.25, 0.3) is 0 Å². The Morgan fingerprint density at radius 2 is 1.86 bits per heavy atom. The van der Waals surface area contributed by atoms with E-state index in [4.69, 9.17) is 25.7 Å². The summed E-state index contributed by atoms with van der Waals surface area (Å²) in [6, 6.07) is 11.5. The van der Waals surface area contributed by atoms with E-state index in [9.17, 15) is 9.90 Å². The number of anilines is 1. The highest BCUT2D eigenvalue weighted by molar-refractivity contribution is 5.95. The summed E-state index contributed by atoms with van der Waals surface area (Å²) in [4.78, 5) is 12.2. The highest BCUT2D eigenvalue weighted by atomic mass is 16.5. The summed E-state index contributed by atoms with van der Waals surface area (Å²) >= 11 is 0. The van der Waals surface area contributed by atoms with E-state index < -0.39 is 11.5 Å². The molecule has 2 aromatic rings. The van der Waals surface area contributed by atoms with Crippen molar-refractivity contribution in [2.24, 2.45) is 5.73 Å². The number of nitrogens with two attached hydrogens (primary N) is 1. The quantitative estimate of drug-likeness (QED) is 0.305. The maximum atomic E-state index is 12.2. The molecule has 2 rings (SSSR count). The fourth-order valence-corrected chi connectivity index (χ4v) is 2.71. The Hall–Kier alpha value is -3.26. The molecule has 6 N–H and O–H groups in total. The van der Waals surface area contributed by atoms with Crippen LogP contribution in [0.3, 0.4) is 0 Å². The van der Waals surface area contributed by atoms with Gasteiger partial charge in [0.1, 0.15) is 12.4 Å². The number of ether oxygens (including phenoxy) is 2. The lowest BCUT2D eigenvalue weighted by Crippen LogP contribution is -2.40. The molecular formula is C21H27N3O5. The average Bonchev–Trinajstić information content (AvgIpc) is 2.66. The maximum absolute atomic E-state index is 12.2. The number of amidine groups is 1. The smallest absolute Gasteiger partial charge is 0.333 e. The molecule has 1 atom stereocenters. The molecule has 156 valence electrons. The van der Waals surface area contributed by atoms with Crippen LogP contribution >= 0.6 is 0 Å². The number of carbonyl (C=O) groups is 1. The first-order valence-electron chi connectivity index (χ1n) is 9.18. The third-order valence-corrected chi connectivity index (χ3v) is 4.25. The van der Waals surface area contributed by atoms with Crippen LogP contribution in [0, 0.1) is 5.41 Å². The van der Waals surface area contributed by atoms with Crippen LogP contribution in [0.15, 0.2) is 42.5 Å². The summed E-state index contributed by atoms with van der Waals surface area (Å²) in [7, 11) is 0. The van der Waals surface area contributed by atoms with Gasteiger partial charge in [-0.25, -0.2) is 4.79 Å². The number of carboxylic acids is 1. The first-order valence-corrected chi connectivity index (χ1v) is 9.18. The molecule has 0 aromatic heterocycles. The number of carboxylic acid groups (broad SMARTS) is 1. The monoisotopic (exact) mass is 401 g/mol. The molecule has 8 heteroatoms. The molecule has 0 saturated heterocycles. The van der Waals surface area contributed by atoms with Gasteiger partial charge in [0.05, 0.1) is 12.7 Å². The number of benzene rings is 2. The van der Waals surface area contributed by atoms with Gasteiger partial charge in [-0.15, -0.1) is 0 Å². The Labute approximate surface area is 169 Å². The Bertz CT molecular complexity index is 867. The molecule has 1 unspecified atom stereocenters. The lowest BCUT2D eigenvalue weighted by molar-refractivity contribution is -0.142. The van der Waals surface area contributed by atoms with E-state index in [1.54, 1.807) is 49.4 Å². The molecule has 0 amide bonds. The normalized spacial score (nSPS) is 12.9. The average molecular weight is 401 g/mol. The van der Waals surface area contributed by atoms with Gasteiger partial charge in [-0.2, -0.15) is 0 Å². The molecule has 0 spiro atoms. The van der Waals surface area contributed by atoms with E-state index in [0.29, 0.717) is 28.3 Å². The molecule has 29 heavy (non-hydrogen) atoms. The minimum atomic E-state index is -1.47. The number of hydrogen-bond acceptors (Lipinski definition) is 6. The topological polar surface area (TPSA) is 138 Å². The fraction of sp³-hybridized carbons (Fsp3) is 0.333. The van der Waals surface area contributed by atoms with Crippen molar-refractivity contribution >= 4 is 17.5 Å². The van der Waals surface area contributed by atoms with E-state index in [1.807, 2.05) is 13.8 Å². The van der Waals surface area contributed by atoms with Crippen LogP contribution < -0.4 is 20.5 Å². The highest BCUT2D eigenvalue weighted by Crippen LogP contribution is 2.35. The van der Waals surface area contributed by atoms with Crippen LogP contribution in [-0.4, -0.2) is 41.3 Å². The van der Waals surface area contributed by atoms with Crippen LogP contribution in [0.5, 0.6) is 11.5 Å². The van der Waals surface area contributed by atoms with Gasteiger partial charge in [0.15, 0.2) is 17.0 Å². The van der Waals surface area contributed by atoms with Crippen molar-refractivity contribution in [3.05, 3.63) is 53.6 Å². The molecule has 0 aliphatic heterocycles. The van der Waals surface area contributed by atoms with Gasteiger partial charge in [-0.05, 0) is 62.7 Å². The Balaban J connectivity index is 2.41. The highest BCUT2D eigenvalue weighted by Gasteiger charge is 2.36. The van der Waals surface area contributed by atoms with Gasteiger partial charge in [0.25, 0.3) is 0 Å². The van der Waals surface area contributed by atoms with Crippen molar-refractivity contribution in [1.29, 1.82) is 5.41 Å². The Morgan fingerprint density at radius 1 is 1.21 bits per heavy atom. The Kier molecular flexibility index (Phi) is 7.06. The third kappa shape index (κ3) is 5.39. The van der Waals surface area contributed by atoms with Crippen molar-refractivity contribution in [2.75, 3.05) is 18.5 Å². The van der Waals surface area contributed by atoms with E-state index in [2.05, 4.69) is 5.32 Å². The second kappa shape index (κ2) is 9.29. The summed E-state index contributed by atoms with van der Waals surface area (Å²) in [5, 5.41) is 29.5. The molecule has 0 bridgehead atoms. The summed E-state index contributed by atoms with van der Waals surface area (Å²) in [5.41, 5.74) is 5.54. The van der Waals surface area contributed by atoms with E-state index >= 15 is 0 Å². The van der Waals surface area contributed by atoms with E-state index in [1.165, 1.54) is 0 Å². The molecular weight excluding hydrogens is 374 g/mol. The van der Waals surface area contributed by atoms with Gasteiger partial charge in [0, 0.05) is 11.3 Å². The minimum absolute atomic E-state index is 0.0572. The van der Waals surface area contributed by atoms with Crippen molar-refractivity contribution in [2.45, 2.75) is 32.4 Å². The summed E-state index contributed by atoms with van der Waals surface area (Å²) in [5.74, 6) is -0.329. The van der Waals surface area contributed by atoms with Gasteiger partial charge in [-0.1, -0.05) is 6.07 Å². The van der Waals surface area contributed by atoms with Gasteiger partial charge in [-0.3, -0.25) is 5.41 Å². The summed E-state index contributed by atoms with van der Waals surface area (Å²) < 4.78 is 11.3. The summed E-state index contributed by atoms with van der Waals surface area (Å²) in [6.07, 6.45) is -0.0962. The Morgan fingerprint density at radius 3 is 2.38 bits per heavy atom. The van der Waals surface area contributed by atoms with Crippen LogP contribution in [0.2, 0.25) is 0 Å².